The van der Waals surface area contributed by atoms with Crippen LogP contribution in [0, 0.1) is 11.3 Å². The molecule has 0 atom stereocenters. The number of fused-ring (bicyclic) bond motifs is 1. The maximum Gasteiger partial charge on any atom is 0.290 e. The smallest absolute Gasteiger partial charge is 0.290 e. The molecule has 0 fully saturated rings. The average Bonchev–Trinajstić information content (AvgIpc) is 3.17. The first-order valence-corrected chi connectivity index (χ1v) is 9.15. The second kappa shape index (κ2) is 7.83. The number of carbonyl (C=O) groups excluding carboxylic acids is 1. The van der Waals surface area contributed by atoms with Crippen LogP contribution in [-0.4, -0.2) is 29.2 Å². The number of carbonyl (C=O) groups is 1. The second-order valence-electron chi connectivity index (χ2n) is 6.59. The van der Waals surface area contributed by atoms with Gasteiger partial charge >= 0.3 is 0 Å². The van der Waals surface area contributed by atoms with Gasteiger partial charge in [0.05, 0.1) is 17.8 Å². The van der Waals surface area contributed by atoms with Crippen LogP contribution < -0.4 is 0 Å². The molecule has 140 valence electrons. The van der Waals surface area contributed by atoms with Crippen LogP contribution in [0.25, 0.3) is 22.0 Å². The molecule has 0 unspecified atom stereocenters. The summed E-state index contributed by atoms with van der Waals surface area (Å²) in [5, 5.41) is 15.5. The number of para-hydroxylation sites is 1. The van der Waals surface area contributed by atoms with Crippen molar-refractivity contribution in [2.75, 3.05) is 7.05 Å². The Morgan fingerprint density at radius 1 is 1.00 bits per heavy atom. The highest BCUT2D eigenvalue weighted by atomic mass is 16.2. The highest BCUT2D eigenvalue weighted by Gasteiger charge is 2.21. The van der Waals surface area contributed by atoms with Crippen molar-refractivity contribution in [3.63, 3.8) is 0 Å². The maximum atomic E-state index is 13.2. The van der Waals surface area contributed by atoms with Gasteiger partial charge in [0.1, 0.15) is 5.69 Å². The number of rotatable bonds is 4. The van der Waals surface area contributed by atoms with Gasteiger partial charge in [0.25, 0.3) is 5.91 Å². The number of H-pyrrole nitrogens is 1. The fraction of sp³-hybridized carbons (Fsp3) is 0.0417. The highest BCUT2D eigenvalue weighted by Crippen LogP contribution is 2.32. The first kappa shape index (κ1) is 18.2. The quantitative estimate of drug-likeness (QED) is 0.409. The summed E-state index contributed by atoms with van der Waals surface area (Å²) < 4.78 is 0. The topological polar surface area (TPSA) is 72.2 Å². The molecule has 3 aromatic carbocycles. The average molecular weight is 378 g/mol. The van der Waals surface area contributed by atoms with Crippen molar-refractivity contribution in [2.24, 2.45) is 5.10 Å². The monoisotopic (exact) mass is 378 g/mol. The summed E-state index contributed by atoms with van der Waals surface area (Å²) in [6.07, 6.45) is 1.60. The number of amides is 1. The molecule has 0 saturated carbocycles. The molecule has 0 saturated heterocycles. The zero-order valence-corrected chi connectivity index (χ0v) is 15.8. The molecule has 29 heavy (non-hydrogen) atoms. The van der Waals surface area contributed by atoms with Gasteiger partial charge in [-0.25, -0.2) is 5.01 Å². The molecule has 0 aliphatic carbocycles. The normalized spacial score (nSPS) is 10.9. The third-order valence-corrected chi connectivity index (χ3v) is 4.70. The van der Waals surface area contributed by atoms with Gasteiger partial charge in [0, 0.05) is 23.5 Å². The number of nitriles is 1. The van der Waals surface area contributed by atoms with Gasteiger partial charge in [-0.3, -0.25) is 4.79 Å². The van der Waals surface area contributed by atoms with Crippen LogP contribution in [0.2, 0.25) is 0 Å². The van der Waals surface area contributed by atoms with Crippen LogP contribution in [0.1, 0.15) is 21.6 Å². The van der Waals surface area contributed by atoms with Crippen molar-refractivity contribution in [2.45, 2.75) is 0 Å². The largest absolute Gasteiger partial charge is 0.350 e. The van der Waals surface area contributed by atoms with E-state index in [2.05, 4.69) is 16.2 Å². The Kier molecular flexibility index (Phi) is 4.91. The van der Waals surface area contributed by atoms with Gasteiger partial charge < -0.3 is 4.98 Å². The number of hydrogen-bond donors (Lipinski definition) is 1. The standard InChI is InChI=1S/C24H18N4O/c1-28(26-16-18-13-11-17(15-25)12-14-18)24(29)23-22(19-7-3-2-4-8-19)20-9-5-6-10-21(20)27-23/h2-14,16,27H,1H3/b26-16-. The molecule has 1 aromatic heterocycles. The minimum absolute atomic E-state index is 0.232. The number of benzene rings is 3. The van der Waals surface area contributed by atoms with Crippen LogP contribution in [0.4, 0.5) is 0 Å². The van der Waals surface area contributed by atoms with E-state index in [1.54, 1.807) is 37.5 Å². The van der Waals surface area contributed by atoms with E-state index in [0.717, 1.165) is 27.6 Å². The molecular formula is C24H18N4O. The number of aromatic nitrogens is 1. The Labute approximate surface area is 168 Å². The number of hydrogen-bond acceptors (Lipinski definition) is 3. The molecule has 0 bridgehead atoms. The van der Waals surface area contributed by atoms with Crippen molar-refractivity contribution in [3.8, 4) is 17.2 Å². The lowest BCUT2D eigenvalue weighted by Gasteiger charge is -2.12. The molecule has 0 aliphatic heterocycles. The van der Waals surface area contributed by atoms with Crippen LogP contribution in [0.5, 0.6) is 0 Å². The molecule has 0 radical (unpaired) electrons. The van der Waals surface area contributed by atoms with E-state index in [-0.39, 0.29) is 5.91 Å². The molecule has 1 amide bonds. The Hall–Kier alpha value is -4.17. The number of nitrogens with zero attached hydrogens (tertiary/aromatic N) is 3. The van der Waals surface area contributed by atoms with Crippen LogP contribution in [0.15, 0.2) is 84.0 Å². The van der Waals surface area contributed by atoms with E-state index >= 15 is 0 Å². The van der Waals surface area contributed by atoms with E-state index in [1.165, 1.54) is 5.01 Å². The maximum absolute atomic E-state index is 13.2. The van der Waals surface area contributed by atoms with Gasteiger partial charge in [-0.15, -0.1) is 0 Å². The fourth-order valence-corrected chi connectivity index (χ4v) is 3.22. The third-order valence-electron chi connectivity index (χ3n) is 4.70. The third kappa shape index (κ3) is 3.64. The molecule has 0 aliphatic rings. The lowest BCUT2D eigenvalue weighted by Crippen LogP contribution is -2.22. The van der Waals surface area contributed by atoms with Crippen molar-refractivity contribution in [1.82, 2.24) is 9.99 Å². The number of aromatic amines is 1. The van der Waals surface area contributed by atoms with Crippen molar-refractivity contribution >= 4 is 23.0 Å². The zero-order chi connectivity index (χ0) is 20.2. The Bertz CT molecular complexity index is 1230. The summed E-state index contributed by atoms with van der Waals surface area (Å²) in [6, 6.07) is 26.8. The minimum atomic E-state index is -0.232. The second-order valence-corrected chi connectivity index (χ2v) is 6.59. The summed E-state index contributed by atoms with van der Waals surface area (Å²) in [6.45, 7) is 0. The van der Waals surface area contributed by atoms with Crippen molar-refractivity contribution < 1.29 is 4.79 Å². The summed E-state index contributed by atoms with van der Waals surface area (Å²) in [5.74, 6) is -0.232. The molecular weight excluding hydrogens is 360 g/mol. The molecule has 0 spiro atoms. The van der Waals surface area contributed by atoms with E-state index < -0.39 is 0 Å². The van der Waals surface area contributed by atoms with Crippen LogP contribution >= 0.6 is 0 Å². The van der Waals surface area contributed by atoms with E-state index in [9.17, 15) is 4.79 Å². The lowest BCUT2D eigenvalue weighted by molar-refractivity contribution is 0.0796. The summed E-state index contributed by atoms with van der Waals surface area (Å²) >= 11 is 0. The Balaban J connectivity index is 1.69. The first-order valence-electron chi connectivity index (χ1n) is 9.15. The molecule has 1 heterocycles. The summed E-state index contributed by atoms with van der Waals surface area (Å²) in [4.78, 5) is 16.4. The van der Waals surface area contributed by atoms with Crippen molar-refractivity contribution in [3.05, 3.63) is 95.7 Å². The van der Waals surface area contributed by atoms with Gasteiger partial charge in [0.2, 0.25) is 0 Å². The summed E-state index contributed by atoms with van der Waals surface area (Å²) in [7, 11) is 1.63. The highest BCUT2D eigenvalue weighted by molar-refractivity contribution is 6.09. The van der Waals surface area contributed by atoms with Gasteiger partial charge in [-0.05, 0) is 29.3 Å². The number of hydrazone groups is 1. The van der Waals surface area contributed by atoms with Gasteiger partial charge in [-0.2, -0.15) is 10.4 Å². The van der Waals surface area contributed by atoms with Crippen molar-refractivity contribution in [1.29, 1.82) is 5.26 Å². The van der Waals surface area contributed by atoms with Gasteiger partial charge in [0.15, 0.2) is 0 Å². The molecule has 4 rings (SSSR count). The molecule has 1 N–H and O–H groups in total. The molecule has 5 nitrogen and oxygen atoms in total. The Morgan fingerprint density at radius 2 is 1.69 bits per heavy atom. The SMILES string of the molecule is CN(/N=C\c1ccc(C#N)cc1)C(=O)c1[nH]c2ccccc2c1-c1ccccc1. The van der Waals surface area contributed by atoms with E-state index in [0.29, 0.717) is 11.3 Å². The molecule has 5 heteroatoms. The lowest BCUT2D eigenvalue weighted by atomic mass is 10.0. The molecule has 4 aromatic rings. The Morgan fingerprint density at radius 3 is 2.41 bits per heavy atom. The summed E-state index contributed by atoms with van der Waals surface area (Å²) in [5.41, 5.74) is 4.63. The predicted molar refractivity (Wildman–Crippen MR) is 115 cm³/mol. The predicted octanol–water partition coefficient (Wildman–Crippen LogP) is 4.81. The minimum Gasteiger partial charge on any atom is -0.350 e. The first-order chi connectivity index (χ1) is 14.2. The zero-order valence-electron chi connectivity index (χ0n) is 15.8. The van der Waals surface area contributed by atoms with Crippen LogP contribution in [-0.2, 0) is 0 Å². The van der Waals surface area contributed by atoms with E-state index in [4.69, 9.17) is 5.26 Å². The van der Waals surface area contributed by atoms with Crippen LogP contribution in [0.3, 0.4) is 0 Å². The fourth-order valence-electron chi connectivity index (χ4n) is 3.22. The van der Waals surface area contributed by atoms with E-state index in [1.807, 2.05) is 54.6 Å². The van der Waals surface area contributed by atoms with Gasteiger partial charge in [-0.1, -0.05) is 60.7 Å². The number of nitrogens with one attached hydrogen (secondary N) is 1.